The van der Waals surface area contributed by atoms with Gasteiger partial charge >= 0.3 is 6.03 Å². The first-order valence-corrected chi connectivity index (χ1v) is 8.26. The molecule has 1 aromatic carbocycles. The quantitative estimate of drug-likeness (QED) is 0.640. The minimum absolute atomic E-state index is 0.192. The molecule has 2 heterocycles. The van der Waals surface area contributed by atoms with E-state index in [0.717, 1.165) is 5.56 Å². The van der Waals surface area contributed by atoms with Gasteiger partial charge in [0.15, 0.2) is 0 Å². The third-order valence-electron chi connectivity index (χ3n) is 4.43. The summed E-state index contributed by atoms with van der Waals surface area (Å²) in [6.45, 7) is 3.80. The number of hydrogen-bond donors (Lipinski definition) is 1. The monoisotopic (exact) mass is 358 g/mol. The third kappa shape index (κ3) is 3.14. The molecule has 1 N–H and O–H groups in total. The number of likely N-dealkylation sites (N-methyl/N-ethyl adjacent to an activating group) is 2. The van der Waals surface area contributed by atoms with Gasteiger partial charge in [-0.1, -0.05) is 35.6 Å². The third-order valence-corrected chi connectivity index (χ3v) is 4.67. The zero-order valence-electron chi connectivity index (χ0n) is 14.1. The van der Waals surface area contributed by atoms with Crippen LogP contribution in [0.5, 0.6) is 0 Å². The van der Waals surface area contributed by atoms with Gasteiger partial charge in [-0.3, -0.25) is 19.9 Å². The number of halogens is 1. The maximum Gasteiger partial charge on any atom is 0.328 e. The number of urea groups is 1. The Morgan fingerprint density at radius 3 is 2.80 bits per heavy atom. The van der Waals surface area contributed by atoms with E-state index in [4.69, 9.17) is 11.6 Å². The molecule has 0 radical (unpaired) electrons. The lowest BCUT2D eigenvalue weighted by Crippen LogP contribution is -2.65. The van der Waals surface area contributed by atoms with E-state index in [9.17, 15) is 9.59 Å². The van der Waals surface area contributed by atoms with Crippen molar-refractivity contribution < 1.29 is 9.59 Å². The van der Waals surface area contributed by atoms with Crippen LogP contribution < -0.4 is 5.32 Å². The van der Waals surface area contributed by atoms with Crippen LogP contribution in [0.3, 0.4) is 0 Å². The zero-order valence-corrected chi connectivity index (χ0v) is 14.8. The summed E-state index contributed by atoms with van der Waals surface area (Å²) >= 11 is 5.97. The fourth-order valence-electron chi connectivity index (χ4n) is 3.11. The summed E-state index contributed by atoms with van der Waals surface area (Å²) in [4.78, 5) is 29.7. The maximum absolute atomic E-state index is 12.7. The Bertz CT molecular complexity index is 785. The first kappa shape index (κ1) is 17.5. The van der Waals surface area contributed by atoms with Gasteiger partial charge in [-0.05, 0) is 25.2 Å². The van der Waals surface area contributed by atoms with Gasteiger partial charge in [0.2, 0.25) is 0 Å². The van der Waals surface area contributed by atoms with Crippen molar-refractivity contribution in [2.24, 2.45) is 0 Å². The van der Waals surface area contributed by atoms with Crippen LogP contribution in [0.25, 0.3) is 0 Å². The van der Waals surface area contributed by atoms with Gasteiger partial charge in [-0.2, -0.15) is 0 Å². The predicted molar refractivity (Wildman–Crippen MR) is 95.7 cm³/mol. The van der Waals surface area contributed by atoms with Crippen LogP contribution in [0, 0.1) is 11.8 Å². The summed E-state index contributed by atoms with van der Waals surface area (Å²) < 4.78 is 0. The Morgan fingerprint density at radius 1 is 1.36 bits per heavy atom. The molecular formula is C18H19ClN4O2. The molecule has 0 aliphatic carbocycles. The van der Waals surface area contributed by atoms with Crippen LogP contribution in [0.4, 0.5) is 4.79 Å². The molecule has 3 rings (SSSR count). The fraction of sp³-hybridized carbons (Fsp3) is 0.333. The topological polar surface area (TPSA) is 55.9 Å². The van der Waals surface area contributed by atoms with Crippen molar-refractivity contribution in [1.82, 2.24) is 20.0 Å². The average Bonchev–Trinajstić information content (AvgIpc) is 2.92. The molecule has 7 heteroatoms. The van der Waals surface area contributed by atoms with Crippen LogP contribution in [-0.2, 0) is 4.79 Å². The van der Waals surface area contributed by atoms with Crippen LogP contribution in [0.1, 0.15) is 5.56 Å². The van der Waals surface area contributed by atoms with Crippen molar-refractivity contribution in [2.75, 3.05) is 20.6 Å². The molecule has 3 atom stereocenters. The van der Waals surface area contributed by atoms with Crippen LogP contribution in [-0.4, -0.2) is 65.7 Å². The van der Waals surface area contributed by atoms with E-state index in [2.05, 4.69) is 23.7 Å². The summed E-state index contributed by atoms with van der Waals surface area (Å²) in [5.41, 5.74) is 0.793. The van der Waals surface area contributed by atoms with Crippen LogP contribution in [0.2, 0.25) is 5.02 Å². The summed E-state index contributed by atoms with van der Waals surface area (Å²) in [5.74, 6) is 5.93. The van der Waals surface area contributed by atoms with Gasteiger partial charge in [0.25, 0.3) is 5.91 Å². The maximum atomic E-state index is 12.7. The molecule has 130 valence electrons. The van der Waals surface area contributed by atoms with E-state index in [1.165, 1.54) is 9.80 Å². The second-order valence-corrected chi connectivity index (χ2v) is 6.47. The van der Waals surface area contributed by atoms with Gasteiger partial charge in [0.05, 0.1) is 0 Å². The summed E-state index contributed by atoms with van der Waals surface area (Å²) in [7, 11) is 3.50. The number of amides is 3. The Kier molecular flexibility index (Phi) is 4.82. The minimum Gasteiger partial charge on any atom is -0.310 e. The lowest BCUT2D eigenvalue weighted by atomic mass is 10.1. The second-order valence-electron chi connectivity index (χ2n) is 6.04. The molecule has 0 spiro atoms. The summed E-state index contributed by atoms with van der Waals surface area (Å²) in [6.07, 6.45) is 0.782. The highest BCUT2D eigenvalue weighted by atomic mass is 35.5. The molecule has 3 amide bonds. The van der Waals surface area contributed by atoms with Gasteiger partial charge in [0, 0.05) is 24.2 Å². The van der Waals surface area contributed by atoms with Crippen molar-refractivity contribution >= 4 is 23.5 Å². The van der Waals surface area contributed by atoms with Crippen molar-refractivity contribution in [3.8, 4) is 11.8 Å². The molecule has 2 saturated heterocycles. The smallest absolute Gasteiger partial charge is 0.310 e. The Balaban J connectivity index is 1.85. The van der Waals surface area contributed by atoms with Crippen LogP contribution >= 0.6 is 11.6 Å². The molecule has 0 aromatic heterocycles. The molecule has 0 bridgehead atoms. The van der Waals surface area contributed by atoms with E-state index in [1.54, 1.807) is 25.3 Å². The van der Waals surface area contributed by atoms with Crippen molar-refractivity contribution in [3.63, 3.8) is 0 Å². The first-order chi connectivity index (χ1) is 11.9. The van der Waals surface area contributed by atoms with Gasteiger partial charge < -0.3 is 4.90 Å². The molecular weight excluding hydrogens is 340 g/mol. The van der Waals surface area contributed by atoms with Gasteiger partial charge in [-0.15, -0.1) is 6.58 Å². The Labute approximate surface area is 152 Å². The normalized spacial score (nSPS) is 26.3. The molecule has 1 aromatic rings. The molecule has 25 heavy (non-hydrogen) atoms. The number of hydrogen-bond acceptors (Lipinski definition) is 4. The number of nitrogens with one attached hydrogen (secondary N) is 1. The number of carbonyl (C=O) groups is 2. The Hall–Kier alpha value is -2.33. The second kappa shape index (κ2) is 6.89. The lowest BCUT2D eigenvalue weighted by molar-refractivity contribution is -0.137. The number of rotatable bonds is 2. The minimum atomic E-state index is -0.485. The average molecular weight is 359 g/mol. The standard InChI is InChI=1S/C18H19ClN4O2/c1-4-10-23-17(24)15-16(22(3)18(23)25)20-14(21(15)2)9-8-12-6-5-7-13(19)11-12/h4-7,11,14-16,20H,1,10H2,2-3H3. The van der Waals surface area contributed by atoms with E-state index in [-0.39, 0.29) is 24.6 Å². The summed E-state index contributed by atoms with van der Waals surface area (Å²) in [5, 5.41) is 3.87. The number of imide groups is 1. The SMILES string of the molecule is C=CCN1C(=O)C2C(NC(C#Cc3cccc(Cl)c3)N2C)N(C)C1=O. The molecule has 0 saturated carbocycles. The van der Waals surface area contributed by atoms with E-state index in [1.807, 2.05) is 24.1 Å². The van der Waals surface area contributed by atoms with Gasteiger partial charge in [-0.25, -0.2) is 4.79 Å². The highest BCUT2D eigenvalue weighted by Crippen LogP contribution is 2.25. The largest absolute Gasteiger partial charge is 0.328 e. The van der Waals surface area contributed by atoms with E-state index >= 15 is 0 Å². The molecule has 2 aliphatic rings. The lowest BCUT2D eigenvalue weighted by Gasteiger charge is -2.40. The summed E-state index contributed by atoms with van der Waals surface area (Å²) in [6, 6.07) is 6.45. The molecule has 2 fully saturated rings. The Morgan fingerprint density at radius 2 is 2.12 bits per heavy atom. The fourth-order valence-corrected chi connectivity index (χ4v) is 3.30. The van der Waals surface area contributed by atoms with Crippen molar-refractivity contribution in [3.05, 3.63) is 47.5 Å². The van der Waals surface area contributed by atoms with Crippen LogP contribution in [0.15, 0.2) is 36.9 Å². The first-order valence-electron chi connectivity index (χ1n) is 7.88. The highest BCUT2D eigenvalue weighted by Gasteiger charge is 2.52. The number of fused-ring (bicyclic) bond motifs is 1. The van der Waals surface area contributed by atoms with Crippen molar-refractivity contribution in [2.45, 2.75) is 18.4 Å². The zero-order chi connectivity index (χ0) is 18.1. The number of nitrogens with zero attached hydrogens (tertiary/aromatic N) is 3. The van der Waals surface area contributed by atoms with Gasteiger partial charge in [0.1, 0.15) is 18.4 Å². The molecule has 6 nitrogen and oxygen atoms in total. The predicted octanol–water partition coefficient (Wildman–Crippen LogP) is 1.33. The molecule has 2 aliphatic heterocycles. The number of benzene rings is 1. The highest BCUT2D eigenvalue weighted by molar-refractivity contribution is 6.30. The number of carbonyl (C=O) groups excluding carboxylic acids is 2. The molecule has 3 unspecified atom stereocenters. The van der Waals surface area contributed by atoms with E-state index < -0.39 is 12.2 Å². The van der Waals surface area contributed by atoms with E-state index in [0.29, 0.717) is 5.02 Å². The van der Waals surface area contributed by atoms with Crippen molar-refractivity contribution in [1.29, 1.82) is 0 Å².